The fourth-order valence-corrected chi connectivity index (χ4v) is 1.15. The molecule has 0 aliphatic rings. The largest absolute Gasteiger partial charge is 1.00 e. The van der Waals surface area contributed by atoms with Crippen LogP contribution in [0.2, 0.25) is 0 Å². The zero-order valence-corrected chi connectivity index (χ0v) is 13.3. The van der Waals surface area contributed by atoms with Gasteiger partial charge in [0, 0.05) is 0 Å². The number of benzene rings is 1. The van der Waals surface area contributed by atoms with Gasteiger partial charge in [-0.15, -0.1) is 0 Å². The minimum atomic E-state index is -4.57. The summed E-state index contributed by atoms with van der Waals surface area (Å²) >= 11 is 0. The Morgan fingerprint density at radius 1 is 1.27 bits per heavy atom. The van der Waals surface area contributed by atoms with E-state index >= 15 is 0 Å². The fraction of sp³-hybridized carbons (Fsp3) is 0. The smallest absolute Gasteiger partial charge is 1.00 e. The van der Waals surface area contributed by atoms with Crippen LogP contribution in [0, 0.1) is 0 Å². The Bertz CT molecular complexity index is 365. The molecule has 74 valence electrons. The quantitative estimate of drug-likeness (QED) is 0.424. The average molecular weight is 250 g/mol. The molecular formula is C7H9Na2O5P. The molecular weight excluding hydrogens is 241 g/mol. The molecule has 15 heavy (non-hydrogen) atoms. The third-order valence-electron chi connectivity index (χ3n) is 1.21. The second-order valence-electron chi connectivity index (χ2n) is 2.21. The predicted octanol–water partition coefficient (Wildman–Crippen LogP) is -3.84. The van der Waals surface area contributed by atoms with Gasteiger partial charge in [-0.2, -0.15) is 0 Å². The summed E-state index contributed by atoms with van der Waals surface area (Å²) in [6.07, 6.45) is 0. The van der Waals surface area contributed by atoms with E-state index in [4.69, 9.17) is 10.00 Å². The number of para-hydroxylation sites is 1. The van der Waals surface area contributed by atoms with Gasteiger partial charge in [0.05, 0.1) is 0 Å². The Morgan fingerprint density at radius 2 is 1.73 bits per heavy atom. The molecule has 0 aromatic heterocycles. The van der Waals surface area contributed by atoms with E-state index in [0.717, 1.165) is 0 Å². The molecule has 0 amide bonds. The zero-order chi connectivity index (χ0) is 9.90. The number of hydrogen-bond donors (Lipinski definition) is 2. The van der Waals surface area contributed by atoms with Crippen LogP contribution in [0.25, 0.3) is 0 Å². The second-order valence-corrected chi connectivity index (χ2v) is 3.81. The molecule has 0 saturated heterocycles. The van der Waals surface area contributed by atoms with E-state index in [1.54, 1.807) is 18.2 Å². The van der Waals surface area contributed by atoms with E-state index in [2.05, 4.69) is 4.52 Å². The monoisotopic (exact) mass is 250 g/mol. The molecule has 0 aliphatic carbocycles. The molecule has 2 N–H and O–H groups in total. The van der Waals surface area contributed by atoms with Crippen molar-refractivity contribution in [3.8, 4) is 5.75 Å². The topological polar surface area (TPSA) is 83.8 Å². The fourth-order valence-electron chi connectivity index (χ4n) is 0.663. The van der Waals surface area contributed by atoms with E-state index in [1.165, 1.54) is 12.1 Å². The first kappa shape index (κ1) is 18.1. The van der Waals surface area contributed by atoms with Crippen LogP contribution < -0.4 is 63.6 Å². The second kappa shape index (κ2) is 7.87. The van der Waals surface area contributed by atoms with Gasteiger partial charge in [0.15, 0.2) is 0 Å². The predicted molar refractivity (Wildman–Crippen MR) is 47.1 cm³/mol. The first-order chi connectivity index (χ1) is 6.02. The standard InChI is InChI=1S/C7H7O5P.2Na.2H/c8-7(9)13(10,11)12-6-4-2-1-3-5-6;;;;/h1-5H,(H,8,9)(H,10,11);;;;/q;2*+1;2*-1. The molecule has 0 saturated carbocycles. The SMILES string of the molecule is O=C(O)P(=O)(O)Oc1ccccc1.[H-].[H-].[Na+].[Na+]. The van der Waals surface area contributed by atoms with Crippen LogP contribution in [0.15, 0.2) is 30.3 Å². The van der Waals surface area contributed by atoms with Crippen molar-refractivity contribution in [3.05, 3.63) is 30.3 Å². The Labute approximate surface area is 134 Å². The van der Waals surface area contributed by atoms with Crippen LogP contribution in [0.5, 0.6) is 5.75 Å². The average Bonchev–Trinajstić information content (AvgIpc) is 2.05. The van der Waals surface area contributed by atoms with Crippen LogP contribution in [0.1, 0.15) is 2.85 Å². The maximum atomic E-state index is 10.8. The van der Waals surface area contributed by atoms with Gasteiger partial charge >= 0.3 is 72.4 Å². The summed E-state index contributed by atoms with van der Waals surface area (Å²) in [5, 5.41) is 8.26. The van der Waals surface area contributed by atoms with Gasteiger partial charge in [-0.3, -0.25) is 0 Å². The van der Waals surface area contributed by atoms with Crippen molar-refractivity contribution in [2.45, 2.75) is 0 Å². The summed E-state index contributed by atoms with van der Waals surface area (Å²) in [7, 11) is -4.57. The van der Waals surface area contributed by atoms with Crippen LogP contribution in [0.4, 0.5) is 4.79 Å². The number of carboxylic acid groups (broad SMARTS) is 1. The summed E-state index contributed by atoms with van der Waals surface area (Å²) in [6.45, 7) is 0. The van der Waals surface area contributed by atoms with Crippen LogP contribution in [-0.4, -0.2) is 15.7 Å². The Balaban J connectivity index is -0.000000211. The summed E-state index contributed by atoms with van der Waals surface area (Å²) < 4.78 is 15.2. The Hall–Kier alpha value is 0.680. The third-order valence-corrected chi connectivity index (χ3v) is 2.16. The van der Waals surface area contributed by atoms with Crippen molar-refractivity contribution < 1.29 is 85.9 Å². The van der Waals surface area contributed by atoms with Crippen LogP contribution in [-0.2, 0) is 4.57 Å². The van der Waals surface area contributed by atoms with Gasteiger partial charge < -0.3 is 17.4 Å². The molecule has 0 spiro atoms. The molecule has 1 atom stereocenters. The number of hydrogen-bond acceptors (Lipinski definition) is 3. The van der Waals surface area contributed by atoms with Gasteiger partial charge in [0.2, 0.25) is 0 Å². The summed E-state index contributed by atoms with van der Waals surface area (Å²) in [6, 6.07) is 7.60. The molecule has 1 aromatic carbocycles. The Morgan fingerprint density at radius 3 is 2.13 bits per heavy atom. The van der Waals surface area contributed by atoms with E-state index < -0.39 is 13.3 Å². The Kier molecular flexibility index (Phi) is 9.48. The zero-order valence-electron chi connectivity index (χ0n) is 10.5. The number of rotatable bonds is 3. The van der Waals surface area contributed by atoms with E-state index in [9.17, 15) is 9.36 Å². The van der Waals surface area contributed by atoms with E-state index in [1.807, 2.05) is 0 Å². The molecule has 0 bridgehead atoms. The summed E-state index contributed by atoms with van der Waals surface area (Å²) in [5.41, 5.74) is -1.86. The maximum absolute atomic E-state index is 10.8. The molecule has 0 heterocycles. The number of carbonyl (C=O) groups is 1. The van der Waals surface area contributed by atoms with Crippen molar-refractivity contribution in [2.24, 2.45) is 0 Å². The van der Waals surface area contributed by atoms with Gasteiger partial charge in [0.25, 0.3) is 0 Å². The third kappa shape index (κ3) is 6.09. The minimum Gasteiger partial charge on any atom is -1.00 e. The molecule has 1 unspecified atom stereocenters. The van der Waals surface area contributed by atoms with Crippen molar-refractivity contribution >= 4 is 13.3 Å². The van der Waals surface area contributed by atoms with Crippen LogP contribution in [0.3, 0.4) is 0 Å². The molecule has 0 fully saturated rings. The van der Waals surface area contributed by atoms with Crippen molar-refractivity contribution in [3.63, 3.8) is 0 Å². The molecule has 1 rings (SSSR count). The minimum absolute atomic E-state index is 0. The first-order valence-electron chi connectivity index (χ1n) is 3.33. The molecule has 0 radical (unpaired) electrons. The van der Waals surface area contributed by atoms with Crippen LogP contribution >= 0.6 is 7.60 Å². The molecule has 0 aliphatic heterocycles. The van der Waals surface area contributed by atoms with E-state index in [0.29, 0.717) is 0 Å². The van der Waals surface area contributed by atoms with Gasteiger partial charge in [-0.25, -0.2) is 9.36 Å². The van der Waals surface area contributed by atoms with Crippen molar-refractivity contribution in [1.29, 1.82) is 0 Å². The summed E-state index contributed by atoms with van der Waals surface area (Å²) in [5.74, 6) is 0.0516. The maximum Gasteiger partial charge on any atom is 1.00 e. The summed E-state index contributed by atoms with van der Waals surface area (Å²) in [4.78, 5) is 19.0. The van der Waals surface area contributed by atoms with Gasteiger partial charge in [-0.1, -0.05) is 18.2 Å². The first-order valence-corrected chi connectivity index (χ1v) is 4.91. The molecule has 5 nitrogen and oxygen atoms in total. The molecule has 8 heteroatoms. The van der Waals surface area contributed by atoms with E-state index in [-0.39, 0.29) is 67.7 Å². The van der Waals surface area contributed by atoms with Gasteiger partial charge in [-0.05, 0) is 12.1 Å². The van der Waals surface area contributed by atoms with Gasteiger partial charge in [0.1, 0.15) is 5.75 Å². The van der Waals surface area contributed by atoms with Crippen molar-refractivity contribution in [1.82, 2.24) is 0 Å². The van der Waals surface area contributed by atoms with Crippen molar-refractivity contribution in [2.75, 3.05) is 0 Å². The normalized spacial score (nSPS) is 12.6. The molecule has 1 aromatic rings.